The molecule has 160 valence electrons. The predicted molar refractivity (Wildman–Crippen MR) is 124 cm³/mol. The number of halogens is 2. The van der Waals surface area contributed by atoms with E-state index in [0.717, 1.165) is 38.8 Å². The molecule has 5 nitrogen and oxygen atoms in total. The number of rotatable bonds is 6. The third kappa shape index (κ3) is 4.26. The van der Waals surface area contributed by atoms with E-state index in [1.807, 2.05) is 37.3 Å². The molecule has 0 fully saturated rings. The third-order valence-electron chi connectivity index (χ3n) is 5.07. The number of benzene rings is 2. The molecule has 0 radical (unpaired) electrons. The van der Waals surface area contributed by atoms with Gasteiger partial charge in [-0.3, -0.25) is 4.98 Å². The Morgan fingerprint density at radius 1 is 1.09 bits per heavy atom. The van der Waals surface area contributed by atoms with Crippen LogP contribution >= 0.6 is 23.4 Å². The van der Waals surface area contributed by atoms with E-state index in [1.54, 1.807) is 36.3 Å². The minimum absolute atomic E-state index is 0.242. The second-order valence-electron chi connectivity index (χ2n) is 7.29. The molecule has 0 saturated carbocycles. The van der Waals surface area contributed by atoms with E-state index in [0.29, 0.717) is 23.2 Å². The number of aryl methyl sites for hydroxylation is 1. The average molecular weight is 465 g/mol. The summed E-state index contributed by atoms with van der Waals surface area (Å²) in [7, 11) is 0. The van der Waals surface area contributed by atoms with Crippen molar-refractivity contribution in [1.29, 1.82) is 0 Å². The van der Waals surface area contributed by atoms with Crippen molar-refractivity contribution in [3.63, 3.8) is 0 Å². The maximum atomic E-state index is 13.2. The quantitative estimate of drug-likeness (QED) is 0.267. The zero-order valence-corrected chi connectivity index (χ0v) is 18.7. The highest BCUT2D eigenvalue weighted by molar-refractivity contribution is 7.98. The first kappa shape index (κ1) is 20.7. The zero-order valence-electron chi connectivity index (χ0n) is 17.1. The van der Waals surface area contributed by atoms with Gasteiger partial charge in [-0.1, -0.05) is 41.6 Å². The van der Waals surface area contributed by atoms with Crippen LogP contribution in [0.1, 0.15) is 17.0 Å². The highest BCUT2D eigenvalue weighted by Gasteiger charge is 2.17. The van der Waals surface area contributed by atoms with Crippen LogP contribution in [0.4, 0.5) is 4.39 Å². The van der Waals surface area contributed by atoms with Crippen LogP contribution in [0.2, 0.25) is 5.02 Å². The topological polar surface area (TPSA) is 56.7 Å². The molecular formula is C24H18ClFN4OS. The second kappa shape index (κ2) is 8.76. The van der Waals surface area contributed by atoms with Crippen molar-refractivity contribution in [2.75, 3.05) is 0 Å². The number of fused-ring (bicyclic) bond motifs is 1. The smallest absolute Gasteiger partial charge is 0.226 e. The van der Waals surface area contributed by atoms with Gasteiger partial charge in [0.1, 0.15) is 17.3 Å². The van der Waals surface area contributed by atoms with Crippen molar-refractivity contribution in [1.82, 2.24) is 19.5 Å². The lowest BCUT2D eigenvalue weighted by atomic mass is 10.2. The zero-order chi connectivity index (χ0) is 22.1. The number of pyridine rings is 1. The molecule has 3 aromatic heterocycles. The molecule has 0 unspecified atom stereocenters. The molecule has 0 spiro atoms. The standard InChI is InChI=1S/C24H18ClFN4OS/c1-15-21(28-23(31-15)17-3-2-4-18(25)11-17)13-30-22-12-27-10-9-20(22)29-24(30)32-14-16-5-7-19(26)8-6-16/h2-12H,13-14H2,1H3. The Balaban J connectivity index is 1.47. The summed E-state index contributed by atoms with van der Waals surface area (Å²) >= 11 is 7.71. The van der Waals surface area contributed by atoms with Crippen molar-refractivity contribution in [2.45, 2.75) is 24.4 Å². The van der Waals surface area contributed by atoms with E-state index in [-0.39, 0.29) is 5.82 Å². The maximum Gasteiger partial charge on any atom is 0.226 e. The maximum absolute atomic E-state index is 13.2. The van der Waals surface area contributed by atoms with Crippen LogP contribution in [0.15, 0.2) is 76.6 Å². The number of imidazole rings is 1. The van der Waals surface area contributed by atoms with Crippen molar-refractivity contribution in [3.05, 3.63) is 94.8 Å². The molecule has 5 aromatic rings. The van der Waals surface area contributed by atoms with Gasteiger partial charge in [-0.2, -0.15) is 0 Å². The van der Waals surface area contributed by atoms with E-state index in [2.05, 4.69) is 9.55 Å². The fourth-order valence-electron chi connectivity index (χ4n) is 3.41. The summed E-state index contributed by atoms with van der Waals surface area (Å²) in [6.45, 7) is 2.39. The highest BCUT2D eigenvalue weighted by Crippen LogP contribution is 2.29. The molecule has 0 amide bonds. The molecule has 0 aliphatic heterocycles. The van der Waals surface area contributed by atoms with Gasteiger partial charge in [-0.15, -0.1) is 0 Å². The lowest BCUT2D eigenvalue weighted by Crippen LogP contribution is -2.03. The minimum atomic E-state index is -0.242. The number of oxazole rings is 1. The number of hydrogen-bond acceptors (Lipinski definition) is 5. The Morgan fingerprint density at radius 3 is 2.75 bits per heavy atom. The third-order valence-corrected chi connectivity index (χ3v) is 6.35. The van der Waals surface area contributed by atoms with Gasteiger partial charge in [0.05, 0.1) is 23.8 Å². The molecule has 32 heavy (non-hydrogen) atoms. The first-order valence-electron chi connectivity index (χ1n) is 9.96. The molecular weight excluding hydrogens is 447 g/mol. The summed E-state index contributed by atoms with van der Waals surface area (Å²) in [5, 5.41) is 1.47. The summed E-state index contributed by atoms with van der Waals surface area (Å²) in [6.07, 6.45) is 3.53. The molecule has 0 bridgehead atoms. The molecule has 2 aromatic carbocycles. The van der Waals surface area contributed by atoms with Gasteiger partial charge in [0.15, 0.2) is 5.16 Å². The number of thioether (sulfide) groups is 1. The van der Waals surface area contributed by atoms with Gasteiger partial charge in [0.2, 0.25) is 5.89 Å². The van der Waals surface area contributed by atoms with Crippen LogP contribution in [0.25, 0.3) is 22.5 Å². The first-order chi connectivity index (χ1) is 15.6. The Kier molecular flexibility index (Phi) is 5.68. The summed E-state index contributed by atoms with van der Waals surface area (Å²) in [5.74, 6) is 1.69. The van der Waals surface area contributed by atoms with E-state index in [1.165, 1.54) is 12.1 Å². The Hall–Kier alpha value is -3.16. The SMILES string of the molecule is Cc1oc(-c2cccc(Cl)c2)nc1Cn1c(SCc2ccc(F)cc2)nc2ccncc21. The van der Waals surface area contributed by atoms with E-state index in [9.17, 15) is 4.39 Å². The predicted octanol–water partition coefficient (Wildman–Crippen LogP) is 6.53. The monoisotopic (exact) mass is 464 g/mol. The van der Waals surface area contributed by atoms with Gasteiger partial charge in [-0.25, -0.2) is 14.4 Å². The van der Waals surface area contributed by atoms with Crippen LogP contribution in [-0.4, -0.2) is 19.5 Å². The summed E-state index contributed by atoms with van der Waals surface area (Å²) in [6, 6.07) is 15.8. The van der Waals surface area contributed by atoms with Crippen LogP contribution < -0.4 is 0 Å². The van der Waals surface area contributed by atoms with E-state index in [4.69, 9.17) is 26.0 Å². The van der Waals surface area contributed by atoms with Crippen LogP contribution in [0.5, 0.6) is 0 Å². The number of aromatic nitrogens is 4. The largest absolute Gasteiger partial charge is 0.441 e. The molecule has 0 saturated heterocycles. The van der Waals surface area contributed by atoms with Gasteiger partial charge in [0, 0.05) is 22.5 Å². The Labute approximate surface area is 193 Å². The fourth-order valence-corrected chi connectivity index (χ4v) is 4.57. The molecule has 3 heterocycles. The second-order valence-corrected chi connectivity index (χ2v) is 8.67. The van der Waals surface area contributed by atoms with Crippen molar-refractivity contribution in [3.8, 4) is 11.5 Å². The first-order valence-corrected chi connectivity index (χ1v) is 11.3. The van der Waals surface area contributed by atoms with Gasteiger partial charge < -0.3 is 8.98 Å². The molecule has 0 N–H and O–H groups in total. The lowest BCUT2D eigenvalue weighted by molar-refractivity contribution is 0.537. The lowest BCUT2D eigenvalue weighted by Gasteiger charge is -2.07. The minimum Gasteiger partial charge on any atom is -0.441 e. The molecule has 5 rings (SSSR count). The molecule has 8 heteroatoms. The fraction of sp³-hybridized carbons (Fsp3) is 0.125. The van der Waals surface area contributed by atoms with Crippen LogP contribution in [-0.2, 0) is 12.3 Å². The normalized spacial score (nSPS) is 11.3. The Morgan fingerprint density at radius 2 is 1.94 bits per heavy atom. The van der Waals surface area contributed by atoms with Crippen molar-refractivity contribution < 1.29 is 8.81 Å². The van der Waals surface area contributed by atoms with E-state index < -0.39 is 0 Å². The van der Waals surface area contributed by atoms with Gasteiger partial charge in [-0.05, 0) is 48.9 Å². The summed E-state index contributed by atoms with van der Waals surface area (Å²) in [5.41, 5.74) is 4.44. The van der Waals surface area contributed by atoms with Crippen LogP contribution in [0, 0.1) is 12.7 Å². The van der Waals surface area contributed by atoms with E-state index >= 15 is 0 Å². The molecule has 0 atom stereocenters. The van der Waals surface area contributed by atoms with Gasteiger partial charge >= 0.3 is 0 Å². The summed E-state index contributed by atoms with van der Waals surface area (Å²) < 4.78 is 21.2. The Bertz CT molecular complexity index is 1400. The molecule has 0 aliphatic rings. The highest BCUT2D eigenvalue weighted by atomic mass is 35.5. The molecule has 0 aliphatic carbocycles. The van der Waals surface area contributed by atoms with Gasteiger partial charge in [0.25, 0.3) is 0 Å². The summed E-state index contributed by atoms with van der Waals surface area (Å²) in [4.78, 5) is 13.8. The number of hydrogen-bond donors (Lipinski definition) is 0. The van der Waals surface area contributed by atoms with Crippen molar-refractivity contribution >= 4 is 34.4 Å². The average Bonchev–Trinajstić information content (AvgIpc) is 3.34. The number of nitrogens with zero attached hydrogens (tertiary/aromatic N) is 4. The van der Waals surface area contributed by atoms with Crippen molar-refractivity contribution in [2.24, 2.45) is 0 Å². The van der Waals surface area contributed by atoms with Crippen LogP contribution in [0.3, 0.4) is 0 Å².